The fourth-order valence-corrected chi connectivity index (χ4v) is 7.34. The van der Waals surface area contributed by atoms with E-state index >= 15 is 0 Å². The second-order valence-electron chi connectivity index (χ2n) is 14.1. The number of piperazine rings is 1. The van der Waals surface area contributed by atoms with Crippen LogP contribution in [0.5, 0.6) is 11.5 Å². The number of methoxy groups -OCH3 is 1. The normalized spacial score (nSPS) is 18.1. The molecular weight excluding hydrogens is 644 g/mol. The summed E-state index contributed by atoms with van der Waals surface area (Å²) in [7, 11) is 1.66. The van der Waals surface area contributed by atoms with Crippen LogP contribution in [0.15, 0.2) is 42.7 Å². The lowest BCUT2D eigenvalue weighted by molar-refractivity contribution is 0.0299. The van der Waals surface area contributed by atoms with Crippen molar-refractivity contribution in [3.8, 4) is 11.5 Å². The number of nitrogens with one attached hydrogen (secondary N) is 3. The first-order chi connectivity index (χ1) is 25.1. The average molecular weight is 703 g/mol. The van der Waals surface area contributed by atoms with Crippen LogP contribution in [0.2, 0.25) is 0 Å². The minimum atomic E-state index is -0.143. The van der Waals surface area contributed by atoms with Gasteiger partial charge in [-0.05, 0) is 56.0 Å². The highest BCUT2D eigenvalue weighted by Gasteiger charge is 2.19. The molecule has 6 rings (SSSR count). The number of morpholine rings is 1. The predicted octanol–water partition coefficient (Wildman–Crippen LogP) is 5.59. The molecule has 1 aromatic heterocycles. The highest BCUT2D eigenvalue weighted by Crippen LogP contribution is 2.34. The number of fused-ring (bicyclic) bond motifs is 1. The van der Waals surface area contributed by atoms with Crippen molar-refractivity contribution in [3.63, 3.8) is 0 Å². The number of rotatable bonds is 17. The van der Waals surface area contributed by atoms with Crippen LogP contribution in [0, 0.1) is 0 Å². The summed E-state index contributed by atoms with van der Waals surface area (Å²) in [4.78, 5) is 29.4. The molecule has 0 atom stereocenters. The smallest absolute Gasteiger partial charge is 0.319 e. The number of ether oxygens (including phenoxy) is 3. The number of urea groups is 1. The van der Waals surface area contributed by atoms with Crippen LogP contribution in [-0.4, -0.2) is 123 Å². The first-order valence-corrected chi connectivity index (χ1v) is 19.2. The Morgan fingerprint density at radius 3 is 2.37 bits per heavy atom. The summed E-state index contributed by atoms with van der Waals surface area (Å²) in [6.45, 7) is 13.3. The standard InChI is InChI=1S/C39H58N8O4/c1-49-36-28-35-34(38(42-30-41-35)40-29-31-10-9-13-33(26-31)44-39(48)43-32-11-5-4-6-12-32)27-37(36)51-23-8-3-2-7-14-45-15-17-46(18-16-45)19-20-47-21-24-50-25-22-47/h9-10,13,26-28,30,32H,2-8,11-12,14-25,29H2,1H3,(H,40,41,42)(H2,43,44,48). The maximum atomic E-state index is 12.6. The number of nitrogens with zero attached hydrogens (tertiary/aromatic N) is 5. The van der Waals surface area contributed by atoms with Gasteiger partial charge in [0.1, 0.15) is 12.1 Å². The lowest BCUT2D eigenvalue weighted by Crippen LogP contribution is -2.49. The minimum absolute atomic E-state index is 0.143. The Kier molecular flexibility index (Phi) is 14.4. The van der Waals surface area contributed by atoms with Gasteiger partial charge < -0.3 is 35.1 Å². The molecule has 3 aromatic rings. The number of hydrogen-bond acceptors (Lipinski definition) is 10. The fourth-order valence-electron chi connectivity index (χ4n) is 7.34. The molecule has 12 heteroatoms. The first kappa shape index (κ1) is 37.1. The van der Waals surface area contributed by atoms with Crippen molar-refractivity contribution in [2.45, 2.75) is 70.4 Å². The highest BCUT2D eigenvalue weighted by atomic mass is 16.5. The van der Waals surface area contributed by atoms with Gasteiger partial charge in [-0.1, -0.05) is 44.2 Å². The lowest BCUT2D eigenvalue weighted by atomic mass is 9.96. The molecule has 1 aliphatic carbocycles. The van der Waals surface area contributed by atoms with E-state index in [0.717, 1.165) is 80.0 Å². The molecule has 12 nitrogen and oxygen atoms in total. The number of hydrogen-bond donors (Lipinski definition) is 3. The van der Waals surface area contributed by atoms with Gasteiger partial charge in [0.15, 0.2) is 11.5 Å². The number of anilines is 2. The maximum Gasteiger partial charge on any atom is 0.319 e. The Morgan fingerprint density at radius 2 is 1.59 bits per heavy atom. The van der Waals surface area contributed by atoms with Gasteiger partial charge in [-0.2, -0.15) is 0 Å². The zero-order chi connectivity index (χ0) is 35.1. The highest BCUT2D eigenvalue weighted by molar-refractivity contribution is 5.92. The maximum absolute atomic E-state index is 12.6. The second kappa shape index (κ2) is 19.8. The van der Waals surface area contributed by atoms with E-state index < -0.39 is 0 Å². The van der Waals surface area contributed by atoms with Crippen molar-refractivity contribution in [2.24, 2.45) is 0 Å². The van der Waals surface area contributed by atoms with Gasteiger partial charge in [-0.25, -0.2) is 14.8 Å². The van der Waals surface area contributed by atoms with Gasteiger partial charge in [-0.15, -0.1) is 0 Å². The number of carbonyl (C=O) groups excluding carboxylic acids is 1. The van der Waals surface area contributed by atoms with Gasteiger partial charge in [0.05, 0.1) is 32.4 Å². The average Bonchev–Trinajstić information content (AvgIpc) is 3.17. The number of amides is 2. The molecule has 3 fully saturated rings. The lowest BCUT2D eigenvalue weighted by Gasteiger charge is -2.36. The topological polar surface area (TPSA) is 116 Å². The van der Waals surface area contributed by atoms with E-state index in [1.165, 1.54) is 77.9 Å². The minimum Gasteiger partial charge on any atom is -0.493 e. The third kappa shape index (κ3) is 11.6. The van der Waals surface area contributed by atoms with E-state index in [9.17, 15) is 4.79 Å². The molecule has 51 heavy (non-hydrogen) atoms. The molecule has 2 saturated heterocycles. The quantitative estimate of drug-likeness (QED) is 0.154. The predicted molar refractivity (Wildman–Crippen MR) is 203 cm³/mol. The van der Waals surface area contributed by atoms with Crippen LogP contribution in [0.25, 0.3) is 10.9 Å². The van der Waals surface area contributed by atoms with E-state index in [-0.39, 0.29) is 12.1 Å². The summed E-state index contributed by atoms with van der Waals surface area (Å²) in [5.41, 5.74) is 2.58. The van der Waals surface area contributed by atoms with Crippen LogP contribution in [0.1, 0.15) is 63.4 Å². The molecule has 3 aliphatic rings. The van der Waals surface area contributed by atoms with E-state index in [0.29, 0.717) is 24.7 Å². The molecule has 0 spiro atoms. The van der Waals surface area contributed by atoms with Crippen molar-refractivity contribution < 1.29 is 19.0 Å². The number of unbranched alkanes of at least 4 members (excludes halogenated alkanes) is 3. The summed E-state index contributed by atoms with van der Waals surface area (Å²) in [6.07, 6.45) is 11.9. The monoisotopic (exact) mass is 702 g/mol. The molecule has 1 saturated carbocycles. The third-order valence-corrected chi connectivity index (χ3v) is 10.4. The molecule has 0 unspecified atom stereocenters. The van der Waals surface area contributed by atoms with Gasteiger partial charge in [-0.3, -0.25) is 9.80 Å². The number of carbonyl (C=O) groups is 1. The summed E-state index contributed by atoms with van der Waals surface area (Å²) < 4.78 is 17.4. The van der Waals surface area contributed by atoms with Crippen molar-refractivity contribution in [1.82, 2.24) is 30.0 Å². The molecule has 278 valence electrons. The van der Waals surface area contributed by atoms with Crippen molar-refractivity contribution >= 4 is 28.4 Å². The van der Waals surface area contributed by atoms with E-state index in [1.807, 2.05) is 36.4 Å². The van der Waals surface area contributed by atoms with E-state index in [4.69, 9.17) is 14.2 Å². The largest absolute Gasteiger partial charge is 0.493 e. The summed E-state index contributed by atoms with van der Waals surface area (Å²) in [5.74, 6) is 2.09. The van der Waals surface area contributed by atoms with E-state index in [2.05, 4.69) is 40.6 Å². The van der Waals surface area contributed by atoms with Crippen molar-refractivity contribution in [2.75, 3.05) is 96.5 Å². The Labute approximate surface area is 303 Å². The molecule has 3 heterocycles. The summed E-state index contributed by atoms with van der Waals surface area (Å²) in [5, 5.41) is 10.5. The van der Waals surface area contributed by atoms with Gasteiger partial charge >= 0.3 is 6.03 Å². The van der Waals surface area contributed by atoms with Crippen LogP contribution in [0.3, 0.4) is 0 Å². The molecule has 3 N–H and O–H groups in total. The Balaban J connectivity index is 0.911. The Morgan fingerprint density at radius 1 is 0.843 bits per heavy atom. The van der Waals surface area contributed by atoms with Crippen LogP contribution in [-0.2, 0) is 11.3 Å². The Hall–Kier alpha value is -3.71. The molecule has 2 aromatic carbocycles. The fraction of sp³-hybridized carbons (Fsp3) is 0.615. The molecule has 0 radical (unpaired) electrons. The number of benzene rings is 2. The molecule has 2 amide bonds. The number of aromatic nitrogens is 2. The van der Waals surface area contributed by atoms with Gasteiger partial charge in [0, 0.05) is 82.1 Å². The first-order valence-electron chi connectivity index (χ1n) is 19.2. The van der Waals surface area contributed by atoms with Gasteiger partial charge in [0.2, 0.25) is 0 Å². The van der Waals surface area contributed by atoms with Gasteiger partial charge in [0.25, 0.3) is 0 Å². The summed E-state index contributed by atoms with van der Waals surface area (Å²) in [6, 6.07) is 11.9. The molecule has 2 aliphatic heterocycles. The van der Waals surface area contributed by atoms with Crippen LogP contribution >= 0.6 is 0 Å². The molecule has 0 bridgehead atoms. The van der Waals surface area contributed by atoms with Crippen molar-refractivity contribution in [3.05, 3.63) is 48.3 Å². The Bertz CT molecular complexity index is 1510. The zero-order valence-corrected chi connectivity index (χ0v) is 30.5. The third-order valence-electron chi connectivity index (χ3n) is 10.4. The molecular formula is C39H58N8O4. The van der Waals surface area contributed by atoms with Crippen molar-refractivity contribution in [1.29, 1.82) is 0 Å². The van der Waals surface area contributed by atoms with Crippen LogP contribution < -0.4 is 25.4 Å². The van der Waals surface area contributed by atoms with E-state index in [1.54, 1.807) is 13.4 Å². The summed E-state index contributed by atoms with van der Waals surface area (Å²) >= 11 is 0. The zero-order valence-electron chi connectivity index (χ0n) is 30.5. The second-order valence-corrected chi connectivity index (χ2v) is 14.1. The van der Waals surface area contributed by atoms with Crippen LogP contribution in [0.4, 0.5) is 16.3 Å². The SMILES string of the molecule is COc1cc2ncnc(NCc3cccc(NC(=O)NC4CCCCC4)c3)c2cc1OCCCCCCN1CCN(CCN2CCOCC2)CC1.